The summed E-state index contributed by atoms with van der Waals surface area (Å²) in [4.78, 5) is 23.8. The highest BCUT2D eigenvalue weighted by molar-refractivity contribution is 8.16. The second-order valence-electron chi connectivity index (χ2n) is 5.77. The third kappa shape index (κ3) is 5.82. The van der Waals surface area contributed by atoms with E-state index in [9.17, 15) is 9.59 Å². The van der Waals surface area contributed by atoms with Crippen LogP contribution in [0, 0.1) is 0 Å². The first-order valence-corrected chi connectivity index (χ1v) is 10.9. The van der Waals surface area contributed by atoms with E-state index in [1.807, 2.05) is 47.8 Å². The summed E-state index contributed by atoms with van der Waals surface area (Å²) in [5.74, 6) is 2.04. The molecule has 2 N–H and O–H groups in total. The van der Waals surface area contributed by atoms with Crippen molar-refractivity contribution < 1.29 is 14.3 Å². The van der Waals surface area contributed by atoms with Crippen molar-refractivity contribution >= 4 is 46.9 Å². The van der Waals surface area contributed by atoms with Gasteiger partial charge in [0.05, 0.1) is 15.2 Å². The number of hydrogen-bond acceptors (Lipinski definition) is 5. The molecule has 2 aromatic carbocycles. The molecule has 0 aromatic heterocycles. The number of rotatable bonds is 5. The Kier molecular flexibility index (Phi) is 7.32. The van der Waals surface area contributed by atoms with Crippen LogP contribution in [-0.4, -0.2) is 29.9 Å². The average molecular weight is 423 g/mol. The van der Waals surface area contributed by atoms with Gasteiger partial charge in [-0.15, -0.1) is 23.5 Å². The van der Waals surface area contributed by atoms with Crippen LogP contribution in [0.5, 0.6) is 5.75 Å². The molecule has 1 heterocycles. The Balaban J connectivity index is 1.43. The van der Waals surface area contributed by atoms with E-state index in [4.69, 9.17) is 16.3 Å². The first-order valence-electron chi connectivity index (χ1n) is 8.43. The van der Waals surface area contributed by atoms with E-state index in [0.29, 0.717) is 15.4 Å². The van der Waals surface area contributed by atoms with Gasteiger partial charge in [-0.25, -0.2) is 0 Å². The summed E-state index contributed by atoms with van der Waals surface area (Å²) in [5.41, 5.74) is 6.18. The monoisotopic (exact) mass is 422 g/mol. The smallest absolute Gasteiger partial charge is 0.276 e. The number of benzene rings is 2. The summed E-state index contributed by atoms with van der Waals surface area (Å²) >= 11 is 9.86. The van der Waals surface area contributed by atoms with E-state index in [1.165, 1.54) is 23.5 Å². The van der Waals surface area contributed by atoms with Gasteiger partial charge in [0.25, 0.3) is 11.8 Å². The molecule has 2 amide bonds. The molecule has 0 radical (unpaired) electrons. The van der Waals surface area contributed by atoms with E-state index in [-0.39, 0.29) is 12.2 Å². The lowest BCUT2D eigenvalue weighted by atomic mass is 10.2. The van der Waals surface area contributed by atoms with Crippen LogP contribution in [0.4, 0.5) is 0 Å². The van der Waals surface area contributed by atoms with Crippen molar-refractivity contribution in [1.82, 2.24) is 10.9 Å². The molecule has 0 spiro atoms. The number of hydrogen-bond donors (Lipinski definition) is 2. The highest BCUT2D eigenvalue weighted by atomic mass is 35.5. The Morgan fingerprint density at radius 1 is 1.04 bits per heavy atom. The van der Waals surface area contributed by atoms with Crippen molar-refractivity contribution in [2.24, 2.45) is 0 Å². The Labute approximate surface area is 171 Å². The van der Waals surface area contributed by atoms with Crippen molar-refractivity contribution in [3.05, 3.63) is 64.7 Å². The zero-order valence-electron chi connectivity index (χ0n) is 14.4. The number of carbonyl (C=O) groups is 2. The van der Waals surface area contributed by atoms with Gasteiger partial charge in [-0.1, -0.05) is 35.9 Å². The minimum Gasteiger partial charge on any atom is -0.484 e. The van der Waals surface area contributed by atoms with Crippen molar-refractivity contribution in [3.63, 3.8) is 0 Å². The standard InChI is InChI=1S/C19H19ClN2O3S2/c20-16-5-2-1-4-15(16)18(24)22-21-17(23)12-25-14-8-6-13(7-9-14)19-26-10-3-11-27-19/h1-2,4-9,19H,3,10-12H2,(H,21,23)(H,22,24). The maximum absolute atomic E-state index is 12.0. The maximum Gasteiger partial charge on any atom is 0.276 e. The highest BCUT2D eigenvalue weighted by Crippen LogP contribution is 2.43. The summed E-state index contributed by atoms with van der Waals surface area (Å²) in [6.07, 6.45) is 1.26. The van der Waals surface area contributed by atoms with Gasteiger partial charge in [0.1, 0.15) is 5.75 Å². The van der Waals surface area contributed by atoms with Gasteiger partial charge in [0.15, 0.2) is 6.61 Å². The van der Waals surface area contributed by atoms with Crippen LogP contribution in [0.15, 0.2) is 48.5 Å². The fourth-order valence-corrected chi connectivity index (χ4v) is 5.54. The predicted molar refractivity (Wildman–Crippen MR) is 111 cm³/mol. The Morgan fingerprint density at radius 3 is 2.44 bits per heavy atom. The summed E-state index contributed by atoms with van der Waals surface area (Å²) in [6, 6.07) is 14.4. The normalized spacial score (nSPS) is 14.4. The molecule has 0 aliphatic carbocycles. The molecule has 0 bridgehead atoms. The third-order valence-electron chi connectivity index (χ3n) is 3.78. The first kappa shape index (κ1) is 19.9. The van der Waals surface area contributed by atoms with Crippen molar-refractivity contribution in [1.29, 1.82) is 0 Å². The van der Waals surface area contributed by atoms with Gasteiger partial charge in [0, 0.05) is 0 Å². The van der Waals surface area contributed by atoms with Gasteiger partial charge in [0.2, 0.25) is 0 Å². The molecule has 27 heavy (non-hydrogen) atoms. The van der Waals surface area contributed by atoms with Crippen LogP contribution < -0.4 is 15.6 Å². The molecule has 0 unspecified atom stereocenters. The third-order valence-corrected chi connectivity index (χ3v) is 7.13. The van der Waals surface area contributed by atoms with E-state index in [1.54, 1.807) is 24.3 Å². The lowest BCUT2D eigenvalue weighted by Crippen LogP contribution is -2.43. The number of carbonyl (C=O) groups excluding carboxylic acids is 2. The molecule has 0 atom stereocenters. The summed E-state index contributed by atoms with van der Waals surface area (Å²) in [5, 5.41) is 0.315. The highest BCUT2D eigenvalue weighted by Gasteiger charge is 2.16. The number of nitrogens with one attached hydrogen (secondary N) is 2. The first-order chi connectivity index (χ1) is 13.1. The molecule has 1 aliphatic heterocycles. The van der Waals surface area contributed by atoms with Crippen LogP contribution in [0.1, 0.15) is 26.9 Å². The van der Waals surface area contributed by atoms with E-state index in [0.717, 1.165) is 0 Å². The Hall–Kier alpha value is -1.83. The predicted octanol–water partition coefficient (Wildman–Crippen LogP) is 4.05. The zero-order chi connectivity index (χ0) is 19.1. The number of halogens is 1. The molecule has 3 rings (SSSR count). The molecule has 1 saturated heterocycles. The topological polar surface area (TPSA) is 67.4 Å². The van der Waals surface area contributed by atoms with Crippen molar-refractivity contribution in [2.45, 2.75) is 11.0 Å². The quantitative estimate of drug-likeness (QED) is 0.711. The molecule has 2 aromatic rings. The van der Waals surface area contributed by atoms with Gasteiger partial charge >= 0.3 is 0 Å². The number of amides is 2. The van der Waals surface area contributed by atoms with Crippen LogP contribution in [-0.2, 0) is 4.79 Å². The Morgan fingerprint density at radius 2 is 1.74 bits per heavy atom. The molecule has 0 saturated carbocycles. The molecule has 8 heteroatoms. The summed E-state index contributed by atoms with van der Waals surface area (Å²) in [6.45, 7) is -0.199. The minimum absolute atomic E-state index is 0.199. The number of ether oxygens (including phenoxy) is 1. The fraction of sp³-hybridized carbons (Fsp3) is 0.263. The number of thioether (sulfide) groups is 2. The molecule has 5 nitrogen and oxygen atoms in total. The minimum atomic E-state index is -0.485. The summed E-state index contributed by atoms with van der Waals surface area (Å²) in [7, 11) is 0. The second kappa shape index (κ2) is 9.92. The van der Waals surface area contributed by atoms with Gasteiger partial charge in [-0.2, -0.15) is 0 Å². The second-order valence-corrected chi connectivity index (χ2v) is 8.90. The van der Waals surface area contributed by atoms with Crippen molar-refractivity contribution in [2.75, 3.05) is 18.1 Å². The molecular formula is C19H19ClN2O3S2. The van der Waals surface area contributed by atoms with Crippen LogP contribution in [0.3, 0.4) is 0 Å². The van der Waals surface area contributed by atoms with E-state index < -0.39 is 11.8 Å². The van der Waals surface area contributed by atoms with Crippen LogP contribution >= 0.6 is 35.1 Å². The largest absolute Gasteiger partial charge is 0.484 e. The van der Waals surface area contributed by atoms with E-state index >= 15 is 0 Å². The lowest BCUT2D eigenvalue weighted by Gasteiger charge is -2.21. The van der Waals surface area contributed by atoms with E-state index in [2.05, 4.69) is 10.9 Å². The van der Waals surface area contributed by atoms with Gasteiger partial charge in [-0.3, -0.25) is 20.4 Å². The van der Waals surface area contributed by atoms with Gasteiger partial charge < -0.3 is 4.74 Å². The lowest BCUT2D eigenvalue weighted by molar-refractivity contribution is -0.123. The summed E-state index contributed by atoms with van der Waals surface area (Å²) < 4.78 is 5.94. The SMILES string of the molecule is O=C(COc1ccc(C2SCCCS2)cc1)NNC(=O)c1ccccc1Cl. The Bertz CT molecular complexity index is 796. The van der Waals surface area contributed by atoms with Crippen molar-refractivity contribution in [3.8, 4) is 5.75 Å². The fourth-order valence-electron chi connectivity index (χ4n) is 2.43. The molecule has 1 aliphatic rings. The molecule has 142 valence electrons. The average Bonchev–Trinajstić information content (AvgIpc) is 2.72. The number of hydrazine groups is 1. The maximum atomic E-state index is 12.0. The molecular weight excluding hydrogens is 404 g/mol. The van der Waals surface area contributed by atoms with Crippen LogP contribution in [0.2, 0.25) is 5.02 Å². The van der Waals surface area contributed by atoms with Gasteiger partial charge in [-0.05, 0) is 47.8 Å². The molecule has 1 fully saturated rings. The van der Waals surface area contributed by atoms with Crippen LogP contribution in [0.25, 0.3) is 0 Å². The zero-order valence-corrected chi connectivity index (χ0v) is 16.8.